The predicted molar refractivity (Wildman–Crippen MR) is 98.1 cm³/mol. The number of anilines is 2. The van der Waals surface area contributed by atoms with Gasteiger partial charge >= 0.3 is 0 Å². The third kappa shape index (κ3) is 4.39. The van der Waals surface area contributed by atoms with Crippen molar-refractivity contribution >= 4 is 17.1 Å². The van der Waals surface area contributed by atoms with Gasteiger partial charge in [-0.15, -0.1) is 0 Å². The van der Waals surface area contributed by atoms with Crippen molar-refractivity contribution in [3.8, 4) is 5.75 Å². The van der Waals surface area contributed by atoms with Gasteiger partial charge in [0.2, 0.25) is 0 Å². The molecule has 3 rings (SSSR count). The summed E-state index contributed by atoms with van der Waals surface area (Å²) in [6.45, 7) is 5.20. The lowest BCUT2D eigenvalue weighted by Crippen LogP contribution is -2.47. The van der Waals surface area contributed by atoms with Crippen LogP contribution in [0.5, 0.6) is 5.75 Å². The van der Waals surface area contributed by atoms with Crippen LogP contribution in [-0.4, -0.2) is 49.2 Å². The minimum Gasteiger partial charge on any atom is -0.492 e. The zero-order valence-corrected chi connectivity index (χ0v) is 14.0. The number of nitrogen functional groups attached to an aromatic ring is 1. The van der Waals surface area contributed by atoms with Crippen molar-refractivity contribution in [2.75, 3.05) is 50.0 Å². The Morgan fingerprint density at radius 3 is 2.48 bits per heavy atom. The lowest BCUT2D eigenvalue weighted by Gasteiger charge is -2.36. The van der Waals surface area contributed by atoms with Crippen LogP contribution in [0.2, 0.25) is 0 Å². The summed E-state index contributed by atoms with van der Waals surface area (Å²) >= 11 is 0. The monoisotopic (exact) mass is 342 g/mol. The normalized spacial score (nSPS) is 15.1. The van der Waals surface area contributed by atoms with Gasteiger partial charge in [-0.2, -0.15) is 0 Å². The highest BCUT2D eigenvalue weighted by atomic mass is 16.6. The van der Waals surface area contributed by atoms with Crippen LogP contribution in [0.25, 0.3) is 0 Å². The van der Waals surface area contributed by atoms with Crippen molar-refractivity contribution in [2.24, 2.45) is 0 Å². The Bertz CT molecular complexity index is 716. The summed E-state index contributed by atoms with van der Waals surface area (Å²) in [4.78, 5) is 15.1. The highest BCUT2D eigenvalue weighted by Gasteiger charge is 2.17. The third-order valence-corrected chi connectivity index (χ3v) is 4.37. The van der Waals surface area contributed by atoms with Crippen LogP contribution in [0.15, 0.2) is 48.5 Å². The molecule has 7 nitrogen and oxygen atoms in total. The van der Waals surface area contributed by atoms with Crippen molar-refractivity contribution in [1.82, 2.24) is 4.90 Å². The second-order valence-electron chi connectivity index (χ2n) is 5.99. The predicted octanol–water partition coefficient (Wildman–Crippen LogP) is 2.38. The van der Waals surface area contributed by atoms with Gasteiger partial charge in [-0.05, 0) is 24.3 Å². The minimum atomic E-state index is -0.495. The molecule has 0 radical (unpaired) electrons. The molecular formula is C18H22N4O3. The van der Waals surface area contributed by atoms with Crippen molar-refractivity contribution in [3.05, 3.63) is 58.6 Å². The number of hydrogen-bond acceptors (Lipinski definition) is 6. The van der Waals surface area contributed by atoms with Gasteiger partial charge in [0.25, 0.3) is 5.69 Å². The van der Waals surface area contributed by atoms with E-state index in [0.717, 1.165) is 32.7 Å². The second kappa shape index (κ2) is 7.85. The van der Waals surface area contributed by atoms with Crippen molar-refractivity contribution in [1.29, 1.82) is 0 Å². The van der Waals surface area contributed by atoms with E-state index >= 15 is 0 Å². The van der Waals surface area contributed by atoms with E-state index < -0.39 is 4.92 Å². The Kier molecular flexibility index (Phi) is 5.35. The number of nitro benzene ring substituents is 1. The summed E-state index contributed by atoms with van der Waals surface area (Å²) in [5.74, 6) is 0.476. The highest BCUT2D eigenvalue weighted by Crippen LogP contribution is 2.26. The van der Waals surface area contributed by atoms with Crippen LogP contribution in [0.3, 0.4) is 0 Å². The molecular weight excluding hydrogens is 320 g/mol. The van der Waals surface area contributed by atoms with Gasteiger partial charge < -0.3 is 15.4 Å². The van der Waals surface area contributed by atoms with Gasteiger partial charge in [0.05, 0.1) is 11.0 Å². The summed E-state index contributed by atoms with van der Waals surface area (Å²) < 4.78 is 5.65. The summed E-state index contributed by atoms with van der Waals surface area (Å²) in [6, 6.07) is 14.9. The Balaban J connectivity index is 1.45. The van der Waals surface area contributed by atoms with Gasteiger partial charge in [-0.1, -0.05) is 18.2 Å². The minimum absolute atomic E-state index is 0.117. The van der Waals surface area contributed by atoms with Gasteiger partial charge in [-0.3, -0.25) is 15.0 Å². The maximum Gasteiger partial charge on any atom is 0.295 e. The number of hydrogen-bond donors (Lipinski definition) is 1. The van der Waals surface area contributed by atoms with Crippen molar-refractivity contribution in [2.45, 2.75) is 0 Å². The zero-order valence-electron chi connectivity index (χ0n) is 14.0. The average molecular weight is 342 g/mol. The first-order chi connectivity index (χ1) is 12.1. The maximum atomic E-state index is 10.9. The average Bonchev–Trinajstić information content (AvgIpc) is 2.64. The number of nitrogens with zero attached hydrogens (tertiary/aromatic N) is 3. The van der Waals surface area contributed by atoms with Gasteiger partial charge in [0.1, 0.15) is 18.0 Å². The smallest absolute Gasteiger partial charge is 0.295 e. The fourth-order valence-electron chi connectivity index (χ4n) is 2.93. The van der Waals surface area contributed by atoms with E-state index in [1.165, 1.54) is 17.8 Å². The van der Waals surface area contributed by atoms with Crippen LogP contribution >= 0.6 is 0 Å². The molecule has 0 unspecified atom stereocenters. The van der Waals surface area contributed by atoms with E-state index in [4.69, 9.17) is 10.5 Å². The molecule has 1 aliphatic heterocycles. The first-order valence-electron chi connectivity index (χ1n) is 8.32. The molecule has 0 spiro atoms. The Morgan fingerprint density at radius 1 is 1.08 bits per heavy atom. The fourth-order valence-corrected chi connectivity index (χ4v) is 2.93. The van der Waals surface area contributed by atoms with Gasteiger partial charge in [0, 0.05) is 38.4 Å². The quantitative estimate of drug-likeness (QED) is 0.493. The van der Waals surface area contributed by atoms with Gasteiger partial charge in [0.15, 0.2) is 0 Å². The van der Waals surface area contributed by atoms with Crippen LogP contribution in [0.1, 0.15) is 0 Å². The van der Waals surface area contributed by atoms with Crippen molar-refractivity contribution in [3.63, 3.8) is 0 Å². The lowest BCUT2D eigenvalue weighted by atomic mass is 10.2. The molecule has 2 aromatic carbocycles. The molecule has 0 aromatic heterocycles. The maximum absolute atomic E-state index is 10.9. The van der Waals surface area contributed by atoms with Crippen LogP contribution in [0.4, 0.5) is 17.1 Å². The topological polar surface area (TPSA) is 84.9 Å². The summed E-state index contributed by atoms with van der Waals surface area (Å²) in [5, 5.41) is 10.9. The SMILES string of the molecule is Nc1ccc(OCCN2CCN(c3ccccc3)CC2)cc1[N+](=O)[O-]. The molecule has 132 valence electrons. The number of ether oxygens (including phenoxy) is 1. The summed E-state index contributed by atoms with van der Waals surface area (Å²) in [6.07, 6.45) is 0. The van der Waals surface area contributed by atoms with Crippen molar-refractivity contribution < 1.29 is 9.66 Å². The number of nitrogens with two attached hydrogens (primary N) is 1. The standard InChI is InChI=1S/C18H22N4O3/c19-17-7-6-16(14-18(17)22(23)24)25-13-12-20-8-10-21(11-9-20)15-4-2-1-3-5-15/h1-7,14H,8-13,19H2. The largest absolute Gasteiger partial charge is 0.492 e. The number of rotatable bonds is 6. The molecule has 0 saturated carbocycles. The Labute approximate surface area is 146 Å². The molecule has 0 bridgehead atoms. The molecule has 1 fully saturated rings. The first kappa shape index (κ1) is 17.0. The molecule has 1 saturated heterocycles. The van der Waals surface area contributed by atoms with E-state index in [9.17, 15) is 10.1 Å². The van der Waals surface area contributed by atoms with E-state index in [2.05, 4.69) is 34.1 Å². The Morgan fingerprint density at radius 2 is 1.80 bits per heavy atom. The molecule has 0 aliphatic carbocycles. The Hall–Kier alpha value is -2.80. The number of benzene rings is 2. The molecule has 2 N–H and O–H groups in total. The second-order valence-corrected chi connectivity index (χ2v) is 5.99. The summed E-state index contributed by atoms with van der Waals surface area (Å²) in [7, 11) is 0. The molecule has 1 heterocycles. The van der Waals surface area contributed by atoms with E-state index in [1.807, 2.05) is 6.07 Å². The van der Waals surface area contributed by atoms with Crippen LogP contribution in [0, 0.1) is 10.1 Å². The highest BCUT2D eigenvalue weighted by molar-refractivity contribution is 5.60. The van der Waals surface area contributed by atoms with Crippen LogP contribution < -0.4 is 15.4 Å². The number of nitro groups is 1. The van der Waals surface area contributed by atoms with Crippen LogP contribution in [-0.2, 0) is 0 Å². The molecule has 2 aromatic rings. The molecule has 0 amide bonds. The van der Waals surface area contributed by atoms with Gasteiger partial charge in [-0.25, -0.2) is 0 Å². The fraction of sp³-hybridized carbons (Fsp3) is 0.333. The summed E-state index contributed by atoms with van der Waals surface area (Å²) in [5.41, 5.74) is 6.87. The van der Waals surface area contributed by atoms with E-state index in [-0.39, 0.29) is 11.4 Å². The lowest BCUT2D eigenvalue weighted by molar-refractivity contribution is -0.384. The number of para-hydroxylation sites is 1. The molecule has 7 heteroatoms. The number of piperazine rings is 1. The molecule has 25 heavy (non-hydrogen) atoms. The zero-order chi connectivity index (χ0) is 17.6. The molecule has 0 atom stereocenters. The molecule has 1 aliphatic rings. The van der Waals surface area contributed by atoms with E-state index in [1.54, 1.807) is 6.07 Å². The third-order valence-electron chi connectivity index (χ3n) is 4.37. The van der Waals surface area contributed by atoms with E-state index in [0.29, 0.717) is 12.4 Å². The first-order valence-corrected chi connectivity index (χ1v) is 8.32.